The molecule has 0 aromatic carbocycles. The van der Waals surface area contributed by atoms with Gasteiger partial charge in [0.25, 0.3) is 5.78 Å². The van der Waals surface area contributed by atoms with E-state index in [0.29, 0.717) is 36.5 Å². The summed E-state index contributed by atoms with van der Waals surface area (Å²) in [5.74, 6) is -1.94. The van der Waals surface area contributed by atoms with Crippen molar-refractivity contribution in [3.8, 4) is 0 Å². The second-order valence-corrected chi connectivity index (χ2v) is 7.12. The molecule has 8 heteroatoms. The maximum atomic E-state index is 15.2. The van der Waals surface area contributed by atoms with Crippen molar-refractivity contribution in [2.24, 2.45) is 10.9 Å². The molecule has 0 amide bonds. The first kappa shape index (κ1) is 16.4. The maximum absolute atomic E-state index is 15.2. The van der Waals surface area contributed by atoms with Gasteiger partial charge in [-0.15, -0.1) is 0 Å². The van der Waals surface area contributed by atoms with Crippen LogP contribution in [0.2, 0.25) is 0 Å². The van der Waals surface area contributed by atoms with Gasteiger partial charge >= 0.3 is 0 Å². The summed E-state index contributed by atoms with van der Waals surface area (Å²) >= 11 is 0. The van der Waals surface area contributed by atoms with Gasteiger partial charge < -0.3 is 9.64 Å². The van der Waals surface area contributed by atoms with Crippen molar-refractivity contribution >= 4 is 17.3 Å². The first-order valence-corrected chi connectivity index (χ1v) is 9.04. The Bertz CT molecular complexity index is 929. The number of rotatable bonds is 1. The van der Waals surface area contributed by atoms with Crippen molar-refractivity contribution < 1.29 is 23.6 Å². The number of aliphatic imine (C=N–C) groups is 1. The summed E-state index contributed by atoms with van der Waals surface area (Å²) < 4.78 is 20.9. The Hall–Kier alpha value is -2.74. The Morgan fingerprint density at radius 3 is 3.00 bits per heavy atom. The smallest absolute Gasteiger partial charge is 0.265 e. The van der Waals surface area contributed by atoms with E-state index in [2.05, 4.69) is 17.1 Å². The van der Waals surface area contributed by atoms with Gasteiger partial charge in [-0.3, -0.25) is 20.1 Å². The van der Waals surface area contributed by atoms with Crippen LogP contribution >= 0.6 is 0 Å². The number of nitrogens with zero attached hydrogens (tertiary/aromatic N) is 2. The van der Waals surface area contributed by atoms with E-state index >= 15 is 4.39 Å². The summed E-state index contributed by atoms with van der Waals surface area (Å²) in [4.78, 5) is 36.2. The summed E-state index contributed by atoms with van der Waals surface area (Å²) in [6.07, 6.45) is 2.37. The van der Waals surface area contributed by atoms with E-state index in [1.807, 2.05) is 17.9 Å². The van der Waals surface area contributed by atoms with Gasteiger partial charge in [-0.05, 0) is 13.3 Å². The van der Waals surface area contributed by atoms with Crippen LogP contribution in [0.4, 0.5) is 4.39 Å². The van der Waals surface area contributed by atoms with Gasteiger partial charge in [0.2, 0.25) is 5.78 Å². The topological polar surface area (TPSA) is 80.2 Å². The number of hydroxylamine groups is 1. The molecule has 0 aromatic rings. The Balaban J connectivity index is 1.74. The van der Waals surface area contributed by atoms with Crippen molar-refractivity contribution in [3.63, 3.8) is 0 Å². The maximum Gasteiger partial charge on any atom is 0.265 e. The number of Topliss-reactive ketones (excluding diaryl/α,β-unsaturated/α-hetero) is 2. The second-order valence-electron chi connectivity index (χ2n) is 7.12. The molecule has 1 saturated heterocycles. The molecule has 3 heterocycles. The standard InChI is InChI=1S/C19H18FN3O4/c1-3-21-11-7-9-6-10-8(2)22-27-19(10)23-12-4-5-13(24)16(25)17(12)26-18(14(11)20)15(9)23/h6,9,15,19,22H,2-5,7H2,1H3. The molecule has 27 heavy (non-hydrogen) atoms. The zero-order valence-electron chi connectivity index (χ0n) is 14.8. The van der Waals surface area contributed by atoms with Crippen LogP contribution in [0.15, 0.2) is 52.0 Å². The lowest BCUT2D eigenvalue weighted by molar-refractivity contribution is -0.139. The third-order valence-corrected chi connectivity index (χ3v) is 5.61. The number of carbonyl (C=O) groups excluding carboxylic acids is 2. The van der Waals surface area contributed by atoms with Crippen molar-refractivity contribution in [2.45, 2.75) is 38.5 Å². The number of ketones is 2. The number of fused-ring (bicyclic) bond motifs is 3. The molecule has 7 nitrogen and oxygen atoms in total. The molecule has 1 N–H and O–H groups in total. The molecule has 0 radical (unpaired) electrons. The van der Waals surface area contributed by atoms with Gasteiger partial charge in [-0.25, -0.2) is 9.23 Å². The molecule has 3 atom stereocenters. The highest BCUT2D eigenvalue weighted by Gasteiger charge is 2.54. The van der Waals surface area contributed by atoms with Crippen LogP contribution in [0, 0.1) is 5.92 Å². The number of allylic oxidation sites excluding steroid dienone is 3. The third-order valence-electron chi connectivity index (χ3n) is 5.61. The fourth-order valence-corrected chi connectivity index (χ4v) is 4.46. The molecule has 5 rings (SSSR count). The highest BCUT2D eigenvalue weighted by Crippen LogP contribution is 2.49. The van der Waals surface area contributed by atoms with E-state index in [1.54, 1.807) is 0 Å². The first-order chi connectivity index (χ1) is 13.0. The zero-order chi connectivity index (χ0) is 18.9. The summed E-state index contributed by atoms with van der Waals surface area (Å²) in [7, 11) is 0. The summed E-state index contributed by atoms with van der Waals surface area (Å²) in [5.41, 5.74) is 5.18. The molecule has 140 valence electrons. The Morgan fingerprint density at radius 1 is 1.41 bits per heavy atom. The van der Waals surface area contributed by atoms with E-state index in [4.69, 9.17) is 9.57 Å². The average Bonchev–Trinajstić information content (AvgIpc) is 3.03. The van der Waals surface area contributed by atoms with Crippen LogP contribution in [0.1, 0.15) is 26.2 Å². The van der Waals surface area contributed by atoms with Gasteiger partial charge in [-0.2, -0.15) is 0 Å². The minimum atomic E-state index is -0.716. The molecule has 3 aliphatic heterocycles. The van der Waals surface area contributed by atoms with E-state index in [-0.39, 0.29) is 23.9 Å². The van der Waals surface area contributed by atoms with Crippen molar-refractivity contribution in [3.05, 3.63) is 47.0 Å². The Kier molecular flexibility index (Phi) is 3.42. The molecule has 0 bridgehead atoms. The van der Waals surface area contributed by atoms with E-state index in [9.17, 15) is 9.59 Å². The van der Waals surface area contributed by atoms with Crippen LogP contribution in [-0.2, 0) is 19.2 Å². The van der Waals surface area contributed by atoms with Gasteiger partial charge in [0.15, 0.2) is 23.6 Å². The number of hydrogen-bond acceptors (Lipinski definition) is 7. The molecule has 5 aliphatic rings. The number of ether oxygens (including phenoxy) is 1. The average molecular weight is 371 g/mol. The van der Waals surface area contributed by atoms with Gasteiger partial charge in [0.1, 0.15) is 0 Å². The second kappa shape index (κ2) is 5.63. The summed E-state index contributed by atoms with van der Waals surface area (Å²) in [5, 5.41) is 0. The lowest BCUT2D eigenvalue weighted by Gasteiger charge is -2.50. The Labute approximate surface area is 154 Å². The van der Waals surface area contributed by atoms with E-state index in [1.165, 1.54) is 0 Å². The normalized spacial score (nSPS) is 33.5. The molecule has 0 spiro atoms. The highest BCUT2D eigenvalue weighted by atomic mass is 19.1. The number of halogens is 1. The molecular formula is C19H18FN3O4. The lowest BCUT2D eigenvalue weighted by atomic mass is 9.78. The van der Waals surface area contributed by atoms with Crippen LogP contribution in [-0.4, -0.2) is 41.0 Å². The number of hydrogen-bond donors (Lipinski definition) is 1. The van der Waals surface area contributed by atoms with Crippen molar-refractivity contribution in [1.82, 2.24) is 10.4 Å². The molecule has 1 fully saturated rings. The van der Waals surface area contributed by atoms with Gasteiger partial charge in [-0.1, -0.05) is 12.7 Å². The number of nitrogens with one attached hydrogen (secondary N) is 1. The van der Waals surface area contributed by atoms with Gasteiger partial charge in [0, 0.05) is 30.9 Å². The minimum absolute atomic E-state index is 0.0386. The largest absolute Gasteiger partial charge is 0.450 e. The molecule has 3 unspecified atom stereocenters. The summed E-state index contributed by atoms with van der Waals surface area (Å²) in [6.45, 7) is 6.25. The van der Waals surface area contributed by atoms with Crippen LogP contribution in [0.25, 0.3) is 0 Å². The predicted molar refractivity (Wildman–Crippen MR) is 92.4 cm³/mol. The molecule has 0 saturated carbocycles. The Morgan fingerprint density at radius 2 is 2.22 bits per heavy atom. The van der Waals surface area contributed by atoms with Crippen LogP contribution < -0.4 is 5.48 Å². The molecule has 0 aromatic heterocycles. The van der Waals surface area contributed by atoms with Crippen LogP contribution in [0.3, 0.4) is 0 Å². The molecule has 2 aliphatic carbocycles. The monoisotopic (exact) mass is 371 g/mol. The zero-order valence-corrected chi connectivity index (χ0v) is 14.8. The third kappa shape index (κ3) is 2.13. The first-order valence-electron chi connectivity index (χ1n) is 9.04. The van der Waals surface area contributed by atoms with E-state index < -0.39 is 29.7 Å². The van der Waals surface area contributed by atoms with Crippen molar-refractivity contribution in [1.29, 1.82) is 0 Å². The van der Waals surface area contributed by atoms with Crippen LogP contribution in [0.5, 0.6) is 0 Å². The fourth-order valence-electron chi connectivity index (χ4n) is 4.46. The van der Waals surface area contributed by atoms with Crippen molar-refractivity contribution in [2.75, 3.05) is 6.54 Å². The molecular weight excluding hydrogens is 353 g/mol. The highest BCUT2D eigenvalue weighted by molar-refractivity contribution is 6.43. The summed E-state index contributed by atoms with van der Waals surface area (Å²) in [6, 6.07) is -0.443. The van der Waals surface area contributed by atoms with Gasteiger partial charge in [0.05, 0.1) is 23.1 Å². The SMILES string of the molecule is C=C1NOC2C1=CC1CC(=NCC)C(F)=C3OC4=C(CCC(=O)C4=O)N2C31. The predicted octanol–water partition coefficient (Wildman–Crippen LogP) is 1.81. The number of carbonyl (C=O) groups is 2. The quantitative estimate of drug-likeness (QED) is 0.708. The van der Waals surface area contributed by atoms with E-state index in [0.717, 1.165) is 5.57 Å². The fraction of sp³-hybridized carbons (Fsp3) is 0.421. The minimum Gasteiger partial charge on any atom is -0.450 e. The lowest BCUT2D eigenvalue weighted by Crippen LogP contribution is -2.56.